The summed E-state index contributed by atoms with van der Waals surface area (Å²) in [6, 6.07) is 0.600. The number of carbonyl (C=O) groups excluding carboxylic acids is 5. The first kappa shape index (κ1) is 46.1. The standard InChI is InChI=1S/C12H22N2O3.C11H20N2O3.C7H14N2O.CH3I.ClH/c1-9(15)13(5)10-6-7-14(8-10)11(16)17-12(2,3)4;1-8(14)12-9-5-6-13(7-9)10(15)16-11(2,3)4;1-6(10)9(2)7-3-4-8-5-7;1-2;/h10H,6-8H2,1-5H3;9H,5-7H2,1-4H3,(H,12,14);7-8H,3-5H2,1-2H3;1H3;1H/t10-;9-;7-;;/m111../s1. The Bertz CT molecular complexity index is 970. The van der Waals surface area contributed by atoms with Crippen LogP contribution in [0, 0.1) is 0 Å². The number of likely N-dealkylation sites (N-methyl/N-ethyl adjacent to an activating group) is 2. The van der Waals surface area contributed by atoms with Crippen molar-refractivity contribution in [1.29, 1.82) is 0 Å². The molecule has 3 fully saturated rings. The predicted molar refractivity (Wildman–Crippen MR) is 192 cm³/mol. The van der Waals surface area contributed by atoms with Crippen LogP contribution in [0.25, 0.3) is 0 Å². The van der Waals surface area contributed by atoms with Gasteiger partial charge in [-0.25, -0.2) is 9.59 Å². The number of hydrogen-bond donors (Lipinski definition) is 2. The van der Waals surface area contributed by atoms with Crippen LogP contribution in [0.3, 0.4) is 0 Å². The summed E-state index contributed by atoms with van der Waals surface area (Å²) in [4.78, 5) is 65.2. The van der Waals surface area contributed by atoms with Gasteiger partial charge in [-0.1, -0.05) is 22.6 Å². The van der Waals surface area contributed by atoms with Gasteiger partial charge in [0.2, 0.25) is 17.7 Å². The zero-order valence-electron chi connectivity index (χ0n) is 30.0. The fourth-order valence-corrected chi connectivity index (χ4v) is 4.69. The molecule has 0 aliphatic carbocycles. The van der Waals surface area contributed by atoms with Gasteiger partial charge in [-0.05, 0) is 72.3 Å². The monoisotopic (exact) mass is 790 g/mol. The molecule has 0 aromatic rings. The molecule has 3 rings (SSSR count). The number of hydrogen-bond acceptors (Lipinski definition) is 8. The lowest BCUT2D eigenvalue weighted by molar-refractivity contribution is -0.130. The molecule has 270 valence electrons. The summed E-state index contributed by atoms with van der Waals surface area (Å²) >= 11 is 2.15. The number of nitrogens with zero attached hydrogens (tertiary/aromatic N) is 4. The van der Waals surface area contributed by atoms with Crippen molar-refractivity contribution >= 4 is 64.9 Å². The number of amides is 5. The quantitative estimate of drug-likeness (QED) is 0.324. The lowest BCUT2D eigenvalue weighted by atomic mass is 10.2. The van der Waals surface area contributed by atoms with Gasteiger partial charge in [0, 0.05) is 79.7 Å². The van der Waals surface area contributed by atoms with E-state index in [0.717, 1.165) is 32.4 Å². The van der Waals surface area contributed by atoms with Crippen molar-refractivity contribution < 1.29 is 33.4 Å². The van der Waals surface area contributed by atoms with Crippen LogP contribution in [0.4, 0.5) is 9.59 Å². The van der Waals surface area contributed by atoms with Crippen molar-refractivity contribution in [2.24, 2.45) is 0 Å². The predicted octanol–water partition coefficient (Wildman–Crippen LogP) is 3.91. The molecule has 0 aromatic heterocycles. The molecule has 0 radical (unpaired) electrons. The number of likely N-dealkylation sites (tertiary alicyclic amines) is 2. The third-order valence-corrected chi connectivity index (χ3v) is 7.19. The Kier molecular flexibility index (Phi) is 21.8. The van der Waals surface area contributed by atoms with Gasteiger partial charge in [0.15, 0.2) is 0 Å². The maximum atomic E-state index is 11.8. The Balaban J connectivity index is 0. The summed E-state index contributed by atoms with van der Waals surface area (Å²) in [6.45, 7) is 20.1. The first-order valence-electron chi connectivity index (χ1n) is 15.5. The van der Waals surface area contributed by atoms with Gasteiger partial charge in [-0.2, -0.15) is 0 Å². The van der Waals surface area contributed by atoms with E-state index in [-0.39, 0.29) is 54.4 Å². The van der Waals surface area contributed by atoms with Crippen LogP contribution in [0.5, 0.6) is 0 Å². The highest BCUT2D eigenvalue weighted by Gasteiger charge is 2.32. The van der Waals surface area contributed by atoms with Gasteiger partial charge in [0.05, 0.1) is 6.04 Å². The van der Waals surface area contributed by atoms with Gasteiger partial charge in [0.25, 0.3) is 0 Å². The van der Waals surface area contributed by atoms with Gasteiger partial charge < -0.3 is 39.7 Å². The van der Waals surface area contributed by atoms with Crippen LogP contribution < -0.4 is 10.6 Å². The maximum absolute atomic E-state index is 11.8. The van der Waals surface area contributed by atoms with E-state index in [2.05, 4.69) is 33.2 Å². The zero-order valence-corrected chi connectivity index (χ0v) is 33.0. The summed E-state index contributed by atoms with van der Waals surface area (Å²) in [5.74, 6) is 0.130. The summed E-state index contributed by atoms with van der Waals surface area (Å²) in [5, 5.41) is 6.02. The minimum absolute atomic E-state index is 0. The number of nitrogens with one attached hydrogen (secondary N) is 2. The van der Waals surface area contributed by atoms with E-state index < -0.39 is 11.2 Å². The summed E-state index contributed by atoms with van der Waals surface area (Å²) in [6.07, 6.45) is 2.10. The maximum Gasteiger partial charge on any atom is 0.410 e. The molecular formula is C31H60ClIN6O7. The molecule has 3 aliphatic rings. The fourth-order valence-electron chi connectivity index (χ4n) is 4.69. The van der Waals surface area contributed by atoms with Crippen molar-refractivity contribution in [1.82, 2.24) is 30.2 Å². The average molecular weight is 791 g/mol. The minimum Gasteiger partial charge on any atom is -0.444 e. The van der Waals surface area contributed by atoms with E-state index in [1.165, 1.54) is 13.8 Å². The zero-order chi connectivity index (χ0) is 35.1. The van der Waals surface area contributed by atoms with Crippen LogP contribution in [-0.2, 0) is 23.9 Å². The normalized spacial score (nSPS) is 20.2. The Hall–Kier alpha value is -2.07. The molecule has 46 heavy (non-hydrogen) atoms. The molecule has 3 aliphatic heterocycles. The third kappa shape index (κ3) is 18.9. The molecule has 0 saturated carbocycles. The molecule has 0 bridgehead atoms. The van der Waals surface area contributed by atoms with Gasteiger partial charge in [-0.15, -0.1) is 12.4 Å². The van der Waals surface area contributed by atoms with Crippen LogP contribution >= 0.6 is 35.0 Å². The molecule has 15 heteroatoms. The largest absolute Gasteiger partial charge is 0.444 e. The van der Waals surface area contributed by atoms with E-state index in [4.69, 9.17) is 9.47 Å². The van der Waals surface area contributed by atoms with E-state index in [0.29, 0.717) is 32.2 Å². The number of alkyl halides is 1. The number of halogens is 2. The molecule has 3 atom stereocenters. The highest BCUT2D eigenvalue weighted by atomic mass is 127. The van der Waals surface area contributed by atoms with Crippen molar-refractivity contribution in [2.75, 3.05) is 58.3 Å². The van der Waals surface area contributed by atoms with E-state index in [9.17, 15) is 24.0 Å². The molecular weight excluding hydrogens is 731 g/mol. The van der Waals surface area contributed by atoms with Gasteiger partial charge in [0.1, 0.15) is 11.2 Å². The second-order valence-corrected chi connectivity index (χ2v) is 13.4. The van der Waals surface area contributed by atoms with Gasteiger partial charge in [-0.3, -0.25) is 14.4 Å². The first-order chi connectivity index (χ1) is 20.7. The molecule has 5 amide bonds. The van der Waals surface area contributed by atoms with Crippen LogP contribution in [-0.4, -0.2) is 137 Å². The van der Waals surface area contributed by atoms with Crippen LogP contribution in [0.1, 0.15) is 81.6 Å². The molecule has 0 aromatic carbocycles. The smallest absolute Gasteiger partial charge is 0.410 e. The Morgan fingerprint density at radius 3 is 1.57 bits per heavy atom. The topological polar surface area (TPSA) is 141 Å². The first-order valence-corrected chi connectivity index (χ1v) is 17.6. The SMILES string of the molecule is CC(=O)N(C)[C@@H]1CCN(C(=O)OC(C)(C)C)C1.CC(=O)N(C)[C@@H]1CCNC1.CC(=O)N[C@@H]1CCN(C(=O)OC(C)(C)C)C1.CI.Cl. The van der Waals surface area contributed by atoms with Crippen molar-refractivity contribution in [3.8, 4) is 0 Å². The fraction of sp³-hybridized carbons (Fsp3) is 0.839. The average Bonchev–Trinajstić information content (AvgIpc) is 3.70. The number of carbonyl (C=O) groups is 5. The summed E-state index contributed by atoms with van der Waals surface area (Å²) in [7, 11) is 3.63. The molecule has 13 nitrogen and oxygen atoms in total. The molecule has 2 N–H and O–H groups in total. The molecule has 3 saturated heterocycles. The third-order valence-electron chi connectivity index (χ3n) is 7.19. The molecule has 0 unspecified atom stereocenters. The second-order valence-electron chi connectivity index (χ2n) is 13.4. The second kappa shape index (κ2) is 21.7. The van der Waals surface area contributed by atoms with E-state index in [1.807, 2.05) is 53.5 Å². The molecule has 3 heterocycles. The number of rotatable bonds is 3. The Morgan fingerprint density at radius 2 is 1.17 bits per heavy atom. The van der Waals surface area contributed by atoms with Crippen molar-refractivity contribution in [3.63, 3.8) is 0 Å². The van der Waals surface area contributed by atoms with E-state index in [1.54, 1.807) is 33.6 Å². The highest BCUT2D eigenvalue weighted by Crippen LogP contribution is 2.18. The highest BCUT2D eigenvalue weighted by molar-refractivity contribution is 14.1. The van der Waals surface area contributed by atoms with Crippen molar-refractivity contribution in [2.45, 2.75) is 111 Å². The minimum atomic E-state index is -0.471. The Labute approximate surface area is 296 Å². The van der Waals surface area contributed by atoms with Gasteiger partial charge >= 0.3 is 12.2 Å². The molecule has 0 spiro atoms. The van der Waals surface area contributed by atoms with E-state index >= 15 is 0 Å². The van der Waals surface area contributed by atoms with Crippen LogP contribution in [0.2, 0.25) is 0 Å². The van der Waals surface area contributed by atoms with Crippen molar-refractivity contribution in [3.05, 3.63) is 0 Å². The summed E-state index contributed by atoms with van der Waals surface area (Å²) < 4.78 is 10.5. The summed E-state index contributed by atoms with van der Waals surface area (Å²) in [5.41, 5.74) is -0.940. The lowest BCUT2D eigenvalue weighted by Gasteiger charge is -2.26. The number of ether oxygens (including phenoxy) is 2. The lowest BCUT2D eigenvalue weighted by Crippen LogP contribution is -2.40. The Morgan fingerprint density at radius 1 is 0.739 bits per heavy atom. The van der Waals surface area contributed by atoms with Crippen LogP contribution in [0.15, 0.2) is 0 Å².